The zero-order valence-corrected chi connectivity index (χ0v) is 37.4. The minimum absolute atomic E-state index is 0.0684. The lowest BCUT2D eigenvalue weighted by Gasteiger charge is -2.20. The normalized spacial score (nSPS) is 14.7. The van der Waals surface area contributed by atoms with Crippen molar-refractivity contribution in [2.45, 2.75) is 154 Å². The molecule has 0 heterocycles. The monoisotopic (exact) mass is 858 g/mol. The fourth-order valence-electron chi connectivity index (χ4n) is 5.08. The maximum absolute atomic E-state index is 12.6. The molecule has 60 heavy (non-hydrogen) atoms. The van der Waals surface area contributed by atoms with Crippen LogP contribution in [0, 0.1) is 0 Å². The number of carbonyl (C=O) groups excluding carboxylic acids is 2. The maximum Gasteiger partial charge on any atom is 0.472 e. The Hall–Kier alpha value is -3.86. The Kier molecular flexibility index (Phi) is 39.2. The number of unbranched alkanes of at least 4 members (excludes halogenated alkanes) is 7. The molecule has 0 bridgehead atoms. The number of carboxylic acids is 1. The van der Waals surface area contributed by atoms with Crippen molar-refractivity contribution in [2.24, 2.45) is 5.73 Å². The van der Waals surface area contributed by atoms with Crippen molar-refractivity contribution in [3.63, 3.8) is 0 Å². The number of phosphoric acid groups is 1. The van der Waals surface area contributed by atoms with Gasteiger partial charge in [0, 0.05) is 12.8 Å². The van der Waals surface area contributed by atoms with Gasteiger partial charge in [0.25, 0.3) is 0 Å². The molecule has 4 N–H and O–H groups in total. The summed E-state index contributed by atoms with van der Waals surface area (Å²) in [6, 6.07) is -1.54. The first-order chi connectivity index (χ1) is 29.1. The third-order valence-corrected chi connectivity index (χ3v) is 9.46. The molecule has 0 saturated heterocycles. The van der Waals surface area contributed by atoms with Crippen LogP contribution in [-0.2, 0) is 37.5 Å². The Morgan fingerprint density at radius 2 is 0.950 bits per heavy atom. The van der Waals surface area contributed by atoms with E-state index in [9.17, 15) is 23.8 Å². The first-order valence-corrected chi connectivity index (χ1v) is 23.4. The highest BCUT2D eigenvalue weighted by molar-refractivity contribution is 7.47. The lowest BCUT2D eigenvalue weighted by molar-refractivity contribution is -0.161. The van der Waals surface area contributed by atoms with Crippen molar-refractivity contribution in [3.8, 4) is 0 Å². The summed E-state index contributed by atoms with van der Waals surface area (Å²) in [5.74, 6) is -2.51. The number of ether oxygens (including phenoxy) is 2. The quantitative estimate of drug-likeness (QED) is 0.0232. The predicted molar refractivity (Wildman–Crippen MR) is 244 cm³/mol. The molecule has 3 atom stereocenters. The van der Waals surface area contributed by atoms with E-state index in [1.807, 2.05) is 12.2 Å². The standard InChI is InChI=1S/C48H76NO10P/c1-3-5-7-9-11-13-15-17-19-21-22-24-25-27-29-31-33-35-37-39-46(50)56-41-44(42-57-60(54,55)58-43-45(49)48(52)53)59-47(51)40-38-36-34-32-30-28-26-23-20-18-16-14-12-10-8-6-4-2/h6,8,11-14,17-20,22,24,26-29,32,34,44-45H,3-5,7,9-10,15-16,21,23,25,30-31,33,35-43,49H2,1-2H3,(H,52,53)(H,54,55)/b8-6+,13-11+,14-12+,19-17+,20-18+,24-22+,28-26+,29-27+,34-32+/t44-,45+/m1/s1. The lowest BCUT2D eigenvalue weighted by Crippen LogP contribution is -2.34. The molecule has 0 aliphatic carbocycles. The van der Waals surface area contributed by atoms with Gasteiger partial charge in [-0.3, -0.25) is 23.4 Å². The molecule has 0 rings (SSSR count). The molecule has 0 fully saturated rings. The number of aliphatic carboxylic acids is 1. The highest BCUT2D eigenvalue weighted by Crippen LogP contribution is 2.43. The molecule has 338 valence electrons. The Labute approximate surface area is 361 Å². The Morgan fingerprint density at radius 1 is 0.533 bits per heavy atom. The summed E-state index contributed by atoms with van der Waals surface area (Å²) in [5.41, 5.74) is 5.33. The number of hydrogen-bond acceptors (Lipinski definition) is 9. The van der Waals surface area contributed by atoms with Gasteiger partial charge in [-0.2, -0.15) is 0 Å². The van der Waals surface area contributed by atoms with Crippen molar-refractivity contribution in [3.05, 3.63) is 109 Å². The van der Waals surface area contributed by atoms with Crippen LogP contribution in [0.15, 0.2) is 109 Å². The van der Waals surface area contributed by atoms with Gasteiger partial charge in [0.15, 0.2) is 6.10 Å². The van der Waals surface area contributed by atoms with Gasteiger partial charge in [0.2, 0.25) is 0 Å². The number of carboxylic acid groups (broad SMARTS) is 1. The first kappa shape index (κ1) is 56.1. The van der Waals surface area contributed by atoms with Crippen LogP contribution in [0.4, 0.5) is 0 Å². The molecule has 11 nitrogen and oxygen atoms in total. The van der Waals surface area contributed by atoms with Crippen molar-refractivity contribution in [1.29, 1.82) is 0 Å². The second-order valence-electron chi connectivity index (χ2n) is 14.1. The molecule has 0 radical (unpaired) electrons. The van der Waals surface area contributed by atoms with Crippen LogP contribution < -0.4 is 5.73 Å². The Morgan fingerprint density at radius 3 is 1.42 bits per heavy atom. The predicted octanol–water partition coefficient (Wildman–Crippen LogP) is 11.8. The summed E-state index contributed by atoms with van der Waals surface area (Å²) in [6.45, 7) is 2.55. The highest BCUT2D eigenvalue weighted by atomic mass is 31.2. The third kappa shape index (κ3) is 40.9. The fourth-order valence-corrected chi connectivity index (χ4v) is 5.86. The van der Waals surface area contributed by atoms with Crippen LogP contribution in [0.1, 0.15) is 142 Å². The number of phosphoric ester groups is 1. The molecule has 0 aliphatic heterocycles. The van der Waals surface area contributed by atoms with E-state index in [0.29, 0.717) is 19.3 Å². The summed E-state index contributed by atoms with van der Waals surface area (Å²) in [6.07, 6.45) is 54.4. The first-order valence-electron chi connectivity index (χ1n) is 21.9. The van der Waals surface area contributed by atoms with Crippen molar-refractivity contribution >= 4 is 25.7 Å². The third-order valence-electron chi connectivity index (χ3n) is 8.50. The van der Waals surface area contributed by atoms with E-state index < -0.39 is 57.7 Å². The van der Waals surface area contributed by atoms with E-state index in [4.69, 9.17) is 24.8 Å². The van der Waals surface area contributed by atoms with Crippen molar-refractivity contribution < 1.29 is 47.5 Å². The van der Waals surface area contributed by atoms with E-state index in [1.165, 1.54) is 25.7 Å². The largest absolute Gasteiger partial charge is 0.480 e. The lowest BCUT2D eigenvalue weighted by atomic mass is 10.1. The Bertz CT molecular complexity index is 1430. The summed E-state index contributed by atoms with van der Waals surface area (Å²) < 4.78 is 32.6. The van der Waals surface area contributed by atoms with E-state index in [-0.39, 0.29) is 12.8 Å². The van der Waals surface area contributed by atoms with Crippen LogP contribution in [-0.4, -0.2) is 59.9 Å². The van der Waals surface area contributed by atoms with Crippen LogP contribution in [0.5, 0.6) is 0 Å². The molecule has 0 aliphatic rings. The van der Waals surface area contributed by atoms with Crippen LogP contribution in [0.25, 0.3) is 0 Å². The average Bonchev–Trinajstić information content (AvgIpc) is 3.22. The van der Waals surface area contributed by atoms with Crippen LogP contribution >= 0.6 is 7.82 Å². The van der Waals surface area contributed by atoms with Gasteiger partial charge in [-0.1, -0.05) is 142 Å². The molecule has 0 amide bonds. The second kappa shape index (κ2) is 41.9. The number of carbonyl (C=O) groups is 3. The Balaban J connectivity index is 4.54. The van der Waals surface area contributed by atoms with Crippen LogP contribution in [0.2, 0.25) is 0 Å². The van der Waals surface area contributed by atoms with Gasteiger partial charge in [0.05, 0.1) is 13.2 Å². The zero-order valence-electron chi connectivity index (χ0n) is 36.5. The molecular weight excluding hydrogens is 781 g/mol. The minimum Gasteiger partial charge on any atom is -0.480 e. The van der Waals surface area contributed by atoms with Gasteiger partial charge in [-0.15, -0.1) is 0 Å². The summed E-state index contributed by atoms with van der Waals surface area (Å²) in [5, 5.41) is 8.89. The van der Waals surface area contributed by atoms with Gasteiger partial charge >= 0.3 is 25.7 Å². The number of esters is 2. The summed E-state index contributed by atoms with van der Waals surface area (Å²) in [7, 11) is -4.75. The van der Waals surface area contributed by atoms with Gasteiger partial charge in [-0.25, -0.2) is 4.57 Å². The molecule has 1 unspecified atom stereocenters. The van der Waals surface area contributed by atoms with Gasteiger partial charge in [0.1, 0.15) is 12.6 Å². The van der Waals surface area contributed by atoms with E-state index in [2.05, 4.69) is 116 Å². The maximum atomic E-state index is 12.6. The molecule has 0 aromatic rings. The molecule has 0 aromatic heterocycles. The highest BCUT2D eigenvalue weighted by Gasteiger charge is 2.28. The van der Waals surface area contributed by atoms with Gasteiger partial charge < -0.3 is 25.2 Å². The van der Waals surface area contributed by atoms with E-state index >= 15 is 0 Å². The fraction of sp³-hybridized carbons (Fsp3) is 0.562. The van der Waals surface area contributed by atoms with Crippen molar-refractivity contribution in [1.82, 2.24) is 0 Å². The summed E-state index contributed by atoms with van der Waals surface area (Å²) in [4.78, 5) is 46.0. The molecule has 12 heteroatoms. The molecule has 0 spiro atoms. The van der Waals surface area contributed by atoms with Gasteiger partial charge in [-0.05, 0) is 96.3 Å². The number of allylic oxidation sites excluding steroid dienone is 18. The number of rotatable bonds is 39. The van der Waals surface area contributed by atoms with E-state index in [1.54, 1.807) is 0 Å². The molecular formula is C48H76NO10P. The van der Waals surface area contributed by atoms with Crippen molar-refractivity contribution in [2.75, 3.05) is 19.8 Å². The molecule has 0 aromatic carbocycles. The minimum atomic E-state index is -4.75. The average molecular weight is 858 g/mol. The SMILES string of the molecule is CC/C=C/C/C=C/C/C=C/C/C=C/C/C=C/CCCC(=O)O[C@H](COC(=O)CCCCC/C=C/C/C=C/C/C=C/C/C=C/CCCCC)COP(=O)(O)OC[C@H](N)C(=O)O. The van der Waals surface area contributed by atoms with Crippen LogP contribution in [0.3, 0.4) is 0 Å². The second-order valence-corrected chi connectivity index (χ2v) is 15.5. The summed E-state index contributed by atoms with van der Waals surface area (Å²) >= 11 is 0. The zero-order chi connectivity index (χ0) is 44.2. The number of hydrogen-bond donors (Lipinski definition) is 3. The number of nitrogens with two attached hydrogens (primary N) is 1. The smallest absolute Gasteiger partial charge is 0.472 e. The molecule has 0 saturated carbocycles. The van der Waals surface area contributed by atoms with E-state index in [0.717, 1.165) is 70.6 Å². The topological polar surface area (TPSA) is 172 Å².